The molecule has 4 aliphatic rings. The molecular weight excluding hydrogens is 239 g/mol. The molecule has 0 aliphatic heterocycles. The molecule has 0 aromatic heterocycles. The Labute approximate surface area is 101 Å². The van der Waals surface area contributed by atoms with Crippen LogP contribution in [0.25, 0.3) is 0 Å². The van der Waals surface area contributed by atoms with E-state index in [1.807, 2.05) is 0 Å². The maximum absolute atomic E-state index is 12.2. The molecule has 4 nitrogen and oxygen atoms in total. The molecule has 0 saturated heterocycles. The maximum atomic E-state index is 12.2. The second-order valence-corrected chi connectivity index (χ2v) is 8.09. The fraction of sp³-hybridized carbons (Fsp3) is 0.917. The third-order valence-corrected chi connectivity index (χ3v) is 5.68. The van der Waals surface area contributed by atoms with Crippen LogP contribution in [0.15, 0.2) is 0 Å². The summed E-state index contributed by atoms with van der Waals surface area (Å²) in [6.45, 7) is 0. The molecule has 96 valence electrons. The van der Waals surface area contributed by atoms with E-state index in [0.717, 1.165) is 19.3 Å². The van der Waals surface area contributed by atoms with E-state index in [-0.39, 0.29) is 11.2 Å². The highest BCUT2D eigenvalue weighted by Gasteiger charge is 2.54. The Hall–Kier alpha value is -0.180. The predicted molar refractivity (Wildman–Crippen MR) is 62.5 cm³/mol. The van der Waals surface area contributed by atoms with Crippen LogP contribution in [0.2, 0.25) is 0 Å². The molecule has 0 aromatic rings. The normalized spacial score (nSPS) is 44.0. The van der Waals surface area contributed by atoms with Gasteiger partial charge in [-0.25, -0.2) is 0 Å². The van der Waals surface area contributed by atoms with Crippen molar-refractivity contribution in [2.75, 3.05) is 6.16 Å². The van der Waals surface area contributed by atoms with Crippen LogP contribution in [0.1, 0.15) is 38.5 Å². The quantitative estimate of drug-likeness (QED) is 0.759. The molecule has 4 saturated carbocycles. The van der Waals surface area contributed by atoms with Gasteiger partial charge < -0.3 is 9.79 Å². The number of hydrogen-bond acceptors (Lipinski definition) is 2. The molecule has 4 aliphatic carbocycles. The highest BCUT2D eigenvalue weighted by atomic mass is 31.2. The number of carbonyl (C=O) groups is 1. The molecular formula is C12H19O4P. The van der Waals surface area contributed by atoms with Crippen molar-refractivity contribution in [2.24, 2.45) is 23.2 Å². The smallest absolute Gasteiger partial charge is 0.324 e. The molecule has 0 heterocycles. The van der Waals surface area contributed by atoms with Gasteiger partial charge in [0.2, 0.25) is 0 Å². The zero-order valence-corrected chi connectivity index (χ0v) is 10.7. The summed E-state index contributed by atoms with van der Waals surface area (Å²) in [5, 5.41) is 0. The molecule has 0 aromatic carbocycles. The lowest BCUT2D eigenvalue weighted by molar-refractivity contribution is -0.141. The summed E-state index contributed by atoms with van der Waals surface area (Å²) in [5.74, 6) is 1.76. The first kappa shape index (κ1) is 11.9. The van der Waals surface area contributed by atoms with Gasteiger partial charge in [0, 0.05) is 5.41 Å². The van der Waals surface area contributed by atoms with Gasteiger partial charge in [-0.3, -0.25) is 9.36 Å². The highest BCUT2D eigenvalue weighted by molar-refractivity contribution is 7.52. The first-order chi connectivity index (χ1) is 7.86. The first-order valence-electron chi connectivity index (χ1n) is 6.44. The first-order valence-corrected chi connectivity index (χ1v) is 8.24. The van der Waals surface area contributed by atoms with E-state index < -0.39 is 13.8 Å². The van der Waals surface area contributed by atoms with Gasteiger partial charge in [-0.15, -0.1) is 0 Å². The molecule has 5 heteroatoms. The van der Waals surface area contributed by atoms with E-state index >= 15 is 0 Å². The lowest BCUT2D eigenvalue weighted by Gasteiger charge is -2.56. The van der Waals surface area contributed by atoms with Crippen molar-refractivity contribution in [3.05, 3.63) is 0 Å². The van der Waals surface area contributed by atoms with Gasteiger partial charge in [-0.05, 0) is 56.3 Å². The van der Waals surface area contributed by atoms with Gasteiger partial charge in [0.15, 0.2) is 5.78 Å². The Morgan fingerprint density at radius 3 is 1.82 bits per heavy atom. The monoisotopic (exact) mass is 258 g/mol. The average molecular weight is 258 g/mol. The summed E-state index contributed by atoms with van der Waals surface area (Å²) in [4.78, 5) is 30.2. The van der Waals surface area contributed by atoms with Crippen LogP contribution in [0.4, 0.5) is 0 Å². The maximum Gasteiger partial charge on any atom is 0.332 e. The number of hydrogen-bond donors (Lipinski definition) is 2. The third-order valence-electron chi connectivity index (χ3n) is 4.98. The fourth-order valence-corrected chi connectivity index (χ4v) is 5.52. The number of carbonyl (C=O) groups excluding carboxylic acids is 1. The van der Waals surface area contributed by atoms with Crippen molar-refractivity contribution in [2.45, 2.75) is 38.5 Å². The summed E-state index contributed by atoms with van der Waals surface area (Å²) in [7, 11) is -4.19. The standard InChI is InChI=1S/C12H19O4P/c13-11(7-17(14,15)16)12-4-8-1-9(5-12)3-10(2-8)6-12/h8-10H,1-7H2,(H2,14,15,16). The molecule has 0 amide bonds. The molecule has 0 unspecified atom stereocenters. The molecule has 0 atom stereocenters. The third kappa shape index (κ3) is 2.11. The Kier molecular flexibility index (Phi) is 2.56. The van der Waals surface area contributed by atoms with Crippen molar-refractivity contribution in [3.8, 4) is 0 Å². The van der Waals surface area contributed by atoms with Crippen molar-refractivity contribution in [1.29, 1.82) is 0 Å². The van der Waals surface area contributed by atoms with Crippen molar-refractivity contribution >= 4 is 13.4 Å². The van der Waals surface area contributed by atoms with Crippen LogP contribution in [0.3, 0.4) is 0 Å². The highest BCUT2D eigenvalue weighted by Crippen LogP contribution is 2.61. The Morgan fingerprint density at radius 2 is 1.47 bits per heavy atom. The molecule has 0 spiro atoms. The number of rotatable bonds is 3. The van der Waals surface area contributed by atoms with E-state index in [2.05, 4.69) is 0 Å². The number of Topliss-reactive ketones (excluding diaryl/α,β-unsaturated/α-hetero) is 1. The number of ketones is 1. The topological polar surface area (TPSA) is 74.6 Å². The van der Waals surface area contributed by atoms with Crippen molar-refractivity contribution in [3.63, 3.8) is 0 Å². The minimum Gasteiger partial charge on any atom is -0.324 e. The van der Waals surface area contributed by atoms with Crippen LogP contribution in [-0.4, -0.2) is 21.7 Å². The molecule has 4 rings (SSSR count). The zero-order valence-electron chi connectivity index (χ0n) is 9.84. The summed E-state index contributed by atoms with van der Waals surface area (Å²) >= 11 is 0. The Balaban J connectivity index is 1.82. The Morgan fingerprint density at radius 1 is 1.06 bits per heavy atom. The summed E-state index contributed by atoms with van der Waals surface area (Å²) < 4.78 is 11.0. The largest absolute Gasteiger partial charge is 0.332 e. The van der Waals surface area contributed by atoms with Gasteiger partial charge in [-0.2, -0.15) is 0 Å². The van der Waals surface area contributed by atoms with Gasteiger partial charge in [0.05, 0.1) is 0 Å². The van der Waals surface area contributed by atoms with E-state index in [0.29, 0.717) is 17.8 Å². The van der Waals surface area contributed by atoms with Gasteiger partial charge >= 0.3 is 7.60 Å². The van der Waals surface area contributed by atoms with Crippen LogP contribution in [0, 0.1) is 23.2 Å². The lowest BCUT2D eigenvalue weighted by atomic mass is 9.48. The van der Waals surface area contributed by atoms with E-state index in [4.69, 9.17) is 9.79 Å². The van der Waals surface area contributed by atoms with Gasteiger partial charge in [-0.1, -0.05) is 0 Å². The van der Waals surface area contributed by atoms with Crippen LogP contribution in [0.5, 0.6) is 0 Å². The average Bonchev–Trinajstić information content (AvgIpc) is 2.12. The van der Waals surface area contributed by atoms with Crippen LogP contribution >= 0.6 is 7.60 Å². The molecule has 2 N–H and O–H groups in total. The minimum atomic E-state index is -4.19. The minimum absolute atomic E-state index is 0.162. The SMILES string of the molecule is O=C(CP(=O)(O)O)C12CC3CC(CC(C3)C1)C2. The summed E-state index contributed by atoms with van der Waals surface area (Å²) in [5.41, 5.74) is -0.365. The van der Waals surface area contributed by atoms with E-state index in [1.54, 1.807) is 0 Å². The van der Waals surface area contributed by atoms with Crippen molar-refractivity contribution < 1.29 is 19.1 Å². The lowest BCUT2D eigenvalue weighted by Crippen LogP contribution is -2.50. The fourth-order valence-electron chi connectivity index (χ4n) is 4.81. The van der Waals surface area contributed by atoms with Gasteiger partial charge in [0.1, 0.15) is 6.16 Å². The van der Waals surface area contributed by atoms with Crippen LogP contribution in [-0.2, 0) is 9.36 Å². The predicted octanol–water partition coefficient (Wildman–Crippen LogP) is 1.95. The molecule has 0 radical (unpaired) electrons. The van der Waals surface area contributed by atoms with Crippen molar-refractivity contribution in [1.82, 2.24) is 0 Å². The summed E-state index contributed by atoms with van der Waals surface area (Å²) in [6, 6.07) is 0. The van der Waals surface area contributed by atoms with E-state index in [1.165, 1.54) is 19.3 Å². The van der Waals surface area contributed by atoms with Gasteiger partial charge in [0.25, 0.3) is 0 Å². The molecule has 4 bridgehead atoms. The summed E-state index contributed by atoms with van der Waals surface area (Å²) in [6.07, 6.45) is 5.83. The Bertz CT molecular complexity index is 362. The second-order valence-electron chi connectivity index (χ2n) is 6.44. The van der Waals surface area contributed by atoms with E-state index in [9.17, 15) is 9.36 Å². The molecule has 17 heavy (non-hydrogen) atoms. The zero-order chi connectivity index (χ0) is 12.3. The second kappa shape index (κ2) is 3.66. The van der Waals surface area contributed by atoms with Crippen LogP contribution < -0.4 is 0 Å². The molecule has 4 fully saturated rings.